The predicted molar refractivity (Wildman–Crippen MR) is 130 cm³/mol. The third-order valence-electron chi connectivity index (χ3n) is 5.21. The number of amides is 1. The summed E-state index contributed by atoms with van der Waals surface area (Å²) in [4.78, 5) is 24.1. The molecule has 0 saturated heterocycles. The number of anilines is 1. The summed E-state index contributed by atoms with van der Waals surface area (Å²) in [5.41, 5.74) is 2.57. The van der Waals surface area contributed by atoms with Crippen molar-refractivity contribution in [3.05, 3.63) is 95.6 Å². The molecule has 0 unspecified atom stereocenters. The van der Waals surface area contributed by atoms with Crippen molar-refractivity contribution >= 4 is 27.9 Å². The molecule has 172 valence electrons. The van der Waals surface area contributed by atoms with Crippen molar-refractivity contribution in [1.29, 1.82) is 0 Å². The van der Waals surface area contributed by atoms with Gasteiger partial charge in [0.15, 0.2) is 0 Å². The Bertz CT molecular complexity index is 1200. The van der Waals surface area contributed by atoms with Gasteiger partial charge in [-0.25, -0.2) is 8.42 Å². The quantitative estimate of drug-likeness (QED) is 0.486. The maximum atomic E-state index is 12.7. The first-order valence-corrected chi connectivity index (χ1v) is 12.1. The lowest BCUT2D eigenvalue weighted by Gasteiger charge is -2.19. The van der Waals surface area contributed by atoms with Crippen LogP contribution >= 0.6 is 0 Å². The average molecular weight is 465 g/mol. The molecule has 6 nitrogen and oxygen atoms in total. The van der Waals surface area contributed by atoms with Gasteiger partial charge in [-0.3, -0.25) is 9.52 Å². The SMILES string of the molecule is CC(C)(C)c1ccc(S(=O)(=O)Nc2ccc(C(=O)N[C@H](C=O)Cc3ccccc3)cc2)cc1. The Labute approximate surface area is 195 Å². The lowest BCUT2D eigenvalue weighted by Crippen LogP contribution is -2.37. The monoisotopic (exact) mass is 464 g/mol. The first-order valence-electron chi connectivity index (χ1n) is 10.6. The van der Waals surface area contributed by atoms with E-state index in [-0.39, 0.29) is 10.3 Å². The number of hydrogen-bond donors (Lipinski definition) is 2. The number of benzene rings is 3. The topological polar surface area (TPSA) is 92.3 Å². The van der Waals surface area contributed by atoms with Crippen LogP contribution < -0.4 is 10.0 Å². The fraction of sp³-hybridized carbons (Fsp3) is 0.231. The van der Waals surface area contributed by atoms with Gasteiger partial charge in [0.1, 0.15) is 6.29 Å². The third kappa shape index (κ3) is 6.52. The maximum Gasteiger partial charge on any atom is 0.261 e. The molecule has 0 fully saturated rings. The molecule has 0 radical (unpaired) electrons. The Balaban J connectivity index is 1.65. The fourth-order valence-corrected chi connectivity index (χ4v) is 4.35. The number of sulfonamides is 1. The number of carbonyl (C=O) groups is 2. The molecule has 3 aromatic carbocycles. The molecule has 0 aliphatic carbocycles. The van der Waals surface area contributed by atoms with Crippen LogP contribution in [0.5, 0.6) is 0 Å². The Morgan fingerprint density at radius 1 is 0.909 bits per heavy atom. The van der Waals surface area contributed by atoms with Gasteiger partial charge in [0.2, 0.25) is 0 Å². The van der Waals surface area contributed by atoms with Crippen molar-refractivity contribution in [3.63, 3.8) is 0 Å². The van der Waals surface area contributed by atoms with Crippen LogP contribution in [0.4, 0.5) is 5.69 Å². The second kappa shape index (κ2) is 10.0. The minimum Gasteiger partial charge on any atom is -0.342 e. The minimum atomic E-state index is -3.76. The maximum absolute atomic E-state index is 12.7. The number of rotatable bonds is 8. The van der Waals surface area contributed by atoms with Crippen LogP contribution in [0.15, 0.2) is 83.8 Å². The van der Waals surface area contributed by atoms with Gasteiger partial charge in [-0.05, 0) is 59.4 Å². The van der Waals surface area contributed by atoms with Gasteiger partial charge in [-0.1, -0.05) is 63.2 Å². The summed E-state index contributed by atoms with van der Waals surface area (Å²) in [7, 11) is -3.76. The molecular formula is C26H28N2O4S. The lowest BCUT2D eigenvalue weighted by molar-refractivity contribution is -0.109. The number of aldehydes is 1. The second-order valence-corrected chi connectivity index (χ2v) is 10.5. The van der Waals surface area contributed by atoms with E-state index in [1.54, 1.807) is 24.3 Å². The summed E-state index contributed by atoms with van der Waals surface area (Å²) >= 11 is 0. The molecule has 3 aromatic rings. The molecule has 7 heteroatoms. The van der Waals surface area contributed by atoms with Gasteiger partial charge < -0.3 is 10.1 Å². The summed E-state index contributed by atoms with van der Waals surface area (Å²) in [6.07, 6.45) is 1.10. The molecule has 33 heavy (non-hydrogen) atoms. The van der Waals surface area contributed by atoms with Crippen LogP contribution in [0.1, 0.15) is 42.3 Å². The van der Waals surface area contributed by atoms with E-state index < -0.39 is 22.0 Å². The molecule has 0 aliphatic heterocycles. The van der Waals surface area contributed by atoms with E-state index in [1.807, 2.05) is 30.3 Å². The molecule has 2 N–H and O–H groups in total. The van der Waals surface area contributed by atoms with E-state index in [0.717, 1.165) is 11.1 Å². The van der Waals surface area contributed by atoms with Crippen molar-refractivity contribution in [3.8, 4) is 0 Å². The van der Waals surface area contributed by atoms with Crippen molar-refractivity contribution in [2.45, 2.75) is 43.5 Å². The summed E-state index contributed by atoms with van der Waals surface area (Å²) in [5.74, 6) is -0.407. The highest BCUT2D eigenvalue weighted by Crippen LogP contribution is 2.24. The first kappa shape index (κ1) is 24.2. The van der Waals surface area contributed by atoms with Gasteiger partial charge in [0, 0.05) is 11.3 Å². The zero-order valence-electron chi connectivity index (χ0n) is 18.9. The molecule has 1 amide bonds. The molecule has 0 aromatic heterocycles. The van der Waals surface area contributed by atoms with Crippen molar-refractivity contribution < 1.29 is 18.0 Å². The molecule has 1 atom stereocenters. The average Bonchev–Trinajstić information content (AvgIpc) is 2.79. The summed E-state index contributed by atoms with van der Waals surface area (Å²) in [6.45, 7) is 6.18. The summed E-state index contributed by atoms with van der Waals surface area (Å²) in [5, 5.41) is 2.70. The Morgan fingerprint density at radius 2 is 1.52 bits per heavy atom. The third-order valence-corrected chi connectivity index (χ3v) is 6.61. The number of hydrogen-bond acceptors (Lipinski definition) is 4. The normalized spacial score (nSPS) is 12.6. The van der Waals surface area contributed by atoms with Crippen LogP contribution in [0, 0.1) is 0 Å². The van der Waals surface area contributed by atoms with Gasteiger partial charge in [-0.15, -0.1) is 0 Å². The highest BCUT2D eigenvalue weighted by molar-refractivity contribution is 7.92. The smallest absolute Gasteiger partial charge is 0.261 e. The standard InChI is InChI=1S/C26H28N2O4S/c1-26(2,3)21-11-15-24(16-12-21)33(31,32)28-22-13-9-20(10-14-22)25(30)27-23(18-29)17-19-7-5-4-6-8-19/h4-16,18,23,28H,17H2,1-3H3,(H,27,30)/t23-/m0/s1. The van der Waals surface area contributed by atoms with Crippen molar-refractivity contribution in [2.24, 2.45) is 0 Å². The molecule has 0 aliphatic rings. The minimum absolute atomic E-state index is 0.0733. The molecule has 0 spiro atoms. The van der Waals surface area contributed by atoms with E-state index in [4.69, 9.17) is 0 Å². The first-order chi connectivity index (χ1) is 15.6. The van der Waals surface area contributed by atoms with Crippen LogP contribution in [-0.4, -0.2) is 26.7 Å². The van der Waals surface area contributed by atoms with E-state index in [0.29, 0.717) is 24.0 Å². The van der Waals surface area contributed by atoms with E-state index in [1.165, 1.54) is 24.3 Å². The van der Waals surface area contributed by atoms with Gasteiger partial charge in [0.25, 0.3) is 15.9 Å². The molecular weight excluding hydrogens is 436 g/mol. The van der Waals surface area contributed by atoms with Gasteiger partial charge in [-0.2, -0.15) is 0 Å². The lowest BCUT2D eigenvalue weighted by atomic mass is 9.87. The Morgan fingerprint density at radius 3 is 2.06 bits per heavy atom. The van der Waals surface area contributed by atoms with E-state index >= 15 is 0 Å². The largest absolute Gasteiger partial charge is 0.342 e. The number of carbonyl (C=O) groups excluding carboxylic acids is 2. The zero-order chi connectivity index (χ0) is 24.1. The van der Waals surface area contributed by atoms with Crippen LogP contribution in [0.25, 0.3) is 0 Å². The van der Waals surface area contributed by atoms with E-state index in [9.17, 15) is 18.0 Å². The Hall–Kier alpha value is -3.45. The van der Waals surface area contributed by atoms with Crippen molar-refractivity contribution in [2.75, 3.05) is 4.72 Å². The second-order valence-electron chi connectivity index (χ2n) is 8.86. The fourth-order valence-electron chi connectivity index (χ4n) is 3.29. The van der Waals surface area contributed by atoms with Crippen molar-refractivity contribution in [1.82, 2.24) is 5.32 Å². The van der Waals surface area contributed by atoms with Gasteiger partial charge >= 0.3 is 0 Å². The van der Waals surface area contributed by atoms with Crippen LogP contribution in [-0.2, 0) is 26.7 Å². The molecule has 0 heterocycles. The number of nitrogens with one attached hydrogen (secondary N) is 2. The summed E-state index contributed by atoms with van der Waals surface area (Å²) < 4.78 is 27.9. The van der Waals surface area contributed by atoms with Gasteiger partial charge in [0.05, 0.1) is 10.9 Å². The van der Waals surface area contributed by atoms with Crippen LogP contribution in [0.2, 0.25) is 0 Å². The highest BCUT2D eigenvalue weighted by atomic mass is 32.2. The highest BCUT2D eigenvalue weighted by Gasteiger charge is 2.18. The molecule has 0 saturated carbocycles. The predicted octanol–water partition coefficient (Wildman–Crippen LogP) is 4.32. The zero-order valence-corrected chi connectivity index (χ0v) is 19.7. The molecule has 0 bridgehead atoms. The Kier molecular flexibility index (Phi) is 7.33. The summed E-state index contributed by atoms with van der Waals surface area (Å²) in [6, 6.07) is 21.6. The molecule has 3 rings (SSSR count). The van der Waals surface area contributed by atoms with Crippen LogP contribution in [0.3, 0.4) is 0 Å². The van der Waals surface area contributed by atoms with E-state index in [2.05, 4.69) is 30.8 Å².